The van der Waals surface area contributed by atoms with E-state index in [-0.39, 0.29) is 11.3 Å². The molecule has 0 N–H and O–H groups in total. The Morgan fingerprint density at radius 2 is 1.68 bits per heavy atom. The van der Waals surface area contributed by atoms with Gasteiger partial charge in [0, 0.05) is 0 Å². The fraction of sp³-hybridized carbons (Fsp3) is 0.613. The van der Waals surface area contributed by atoms with E-state index in [0.29, 0.717) is 35.3 Å². The summed E-state index contributed by atoms with van der Waals surface area (Å²) in [5.74, 6) is -0.0646. The number of rotatable bonds is 9. The van der Waals surface area contributed by atoms with Crippen LogP contribution in [0.3, 0.4) is 0 Å². The molecule has 0 aliphatic heterocycles. The summed E-state index contributed by atoms with van der Waals surface area (Å²) in [4.78, 5) is 0. The zero-order chi connectivity index (χ0) is 24.1. The van der Waals surface area contributed by atoms with Crippen molar-refractivity contribution in [2.75, 3.05) is 0 Å². The third-order valence-corrected chi connectivity index (χ3v) is 8.67. The molecule has 2 aliphatic carbocycles. The van der Waals surface area contributed by atoms with Crippen LogP contribution in [0.15, 0.2) is 30.4 Å². The van der Waals surface area contributed by atoms with Gasteiger partial charge < -0.3 is 0 Å². The molecule has 2 aromatic rings. The van der Waals surface area contributed by atoms with E-state index >= 15 is 8.78 Å². The van der Waals surface area contributed by atoms with Gasteiger partial charge in [-0.3, -0.25) is 0 Å². The minimum Gasteiger partial charge on any atom is -0.206 e. The molecule has 0 radical (unpaired) electrons. The van der Waals surface area contributed by atoms with Gasteiger partial charge in [0.2, 0.25) is 0 Å². The van der Waals surface area contributed by atoms with Gasteiger partial charge in [-0.15, -0.1) is 0 Å². The molecule has 0 amide bonds. The van der Waals surface area contributed by atoms with Crippen LogP contribution in [-0.2, 0) is 6.42 Å². The zero-order valence-electron chi connectivity index (χ0n) is 21.0. The Bertz CT molecular complexity index is 992. The minimum atomic E-state index is -1.02. The first-order valence-corrected chi connectivity index (χ1v) is 13.7. The van der Waals surface area contributed by atoms with Crippen LogP contribution < -0.4 is 0 Å². The Labute approximate surface area is 204 Å². The van der Waals surface area contributed by atoms with Crippen molar-refractivity contribution < 1.29 is 13.2 Å². The van der Waals surface area contributed by atoms with E-state index in [0.717, 1.165) is 31.1 Å². The molecule has 2 saturated carbocycles. The molecule has 4 unspecified atom stereocenters. The first kappa shape index (κ1) is 25.3. The van der Waals surface area contributed by atoms with E-state index < -0.39 is 17.5 Å². The van der Waals surface area contributed by atoms with E-state index in [2.05, 4.69) is 6.92 Å². The number of aryl methyl sites for hydroxylation is 1. The van der Waals surface area contributed by atoms with Gasteiger partial charge in [-0.1, -0.05) is 69.7 Å². The Kier molecular flexibility index (Phi) is 8.77. The number of hydrogen-bond acceptors (Lipinski definition) is 0. The van der Waals surface area contributed by atoms with E-state index in [4.69, 9.17) is 0 Å². The molecule has 4 atom stereocenters. The van der Waals surface area contributed by atoms with Crippen LogP contribution in [-0.4, -0.2) is 0 Å². The molecule has 0 nitrogen and oxygen atoms in total. The molecule has 3 heteroatoms. The van der Waals surface area contributed by atoms with Crippen molar-refractivity contribution >= 4 is 10.8 Å². The third-order valence-electron chi connectivity index (χ3n) is 8.67. The normalized spacial score (nSPS) is 25.2. The molecule has 2 aliphatic rings. The number of allylic oxidation sites excluding steroid dienone is 2. The summed E-state index contributed by atoms with van der Waals surface area (Å²) in [6, 6.07) is 5.27. The second-order valence-electron chi connectivity index (χ2n) is 10.9. The lowest BCUT2D eigenvalue weighted by molar-refractivity contribution is 0.112. The molecule has 186 valence electrons. The van der Waals surface area contributed by atoms with E-state index in [1.54, 1.807) is 12.1 Å². The van der Waals surface area contributed by atoms with Crippen LogP contribution in [0.25, 0.3) is 10.8 Å². The van der Waals surface area contributed by atoms with Crippen molar-refractivity contribution in [2.24, 2.45) is 17.8 Å². The Hall–Kier alpha value is -1.77. The monoisotopic (exact) mass is 470 g/mol. The maximum atomic E-state index is 15.6. The molecule has 0 heterocycles. The molecule has 34 heavy (non-hydrogen) atoms. The summed E-state index contributed by atoms with van der Waals surface area (Å²) in [5, 5.41) is 0.301. The van der Waals surface area contributed by atoms with Crippen molar-refractivity contribution in [3.05, 3.63) is 58.9 Å². The molecule has 2 fully saturated rings. The Balaban J connectivity index is 1.46. The fourth-order valence-electron chi connectivity index (χ4n) is 6.75. The summed E-state index contributed by atoms with van der Waals surface area (Å²) >= 11 is 0. The molecule has 0 bridgehead atoms. The third kappa shape index (κ3) is 5.55. The number of fused-ring (bicyclic) bond motifs is 2. The molecular weight excluding hydrogens is 429 g/mol. The molecular formula is C31H41F3. The fourth-order valence-corrected chi connectivity index (χ4v) is 6.75. The summed E-state index contributed by atoms with van der Waals surface area (Å²) in [6.45, 7) is 4.17. The highest BCUT2D eigenvalue weighted by Crippen LogP contribution is 2.49. The van der Waals surface area contributed by atoms with Crippen LogP contribution in [0.5, 0.6) is 0 Å². The van der Waals surface area contributed by atoms with Crippen LogP contribution in [0.4, 0.5) is 13.2 Å². The quantitative estimate of drug-likeness (QED) is 0.253. The summed E-state index contributed by atoms with van der Waals surface area (Å²) in [6.07, 6.45) is 18.6. The largest absolute Gasteiger partial charge is 0.206 e. The highest BCUT2D eigenvalue weighted by Gasteiger charge is 2.36. The number of benzene rings is 2. The van der Waals surface area contributed by atoms with Crippen LogP contribution in [0.2, 0.25) is 0 Å². The van der Waals surface area contributed by atoms with Crippen LogP contribution in [0.1, 0.15) is 108 Å². The number of hydrogen-bond donors (Lipinski definition) is 0. The standard InChI is InChI=1S/C31H41F3/c1-3-5-7-9-10-21-12-13-23-19-24(15-14-22(23)18-21)27-17-16-25-20-26(11-8-6-4-2)29(32)31(34)28(25)30(27)33/h4,6,16-17,20-24H,3,5,7-15,18-19H2,1-2H3. The maximum absolute atomic E-state index is 15.6. The first-order chi connectivity index (χ1) is 16.5. The van der Waals surface area contributed by atoms with Gasteiger partial charge in [0.05, 0.1) is 5.39 Å². The van der Waals surface area contributed by atoms with Crippen molar-refractivity contribution in [3.63, 3.8) is 0 Å². The Morgan fingerprint density at radius 1 is 0.882 bits per heavy atom. The van der Waals surface area contributed by atoms with E-state index in [9.17, 15) is 4.39 Å². The molecule has 2 aromatic carbocycles. The second-order valence-corrected chi connectivity index (χ2v) is 10.9. The second kappa shape index (κ2) is 11.8. The van der Waals surface area contributed by atoms with Gasteiger partial charge in [0.1, 0.15) is 5.82 Å². The van der Waals surface area contributed by atoms with Gasteiger partial charge in [-0.25, -0.2) is 13.2 Å². The minimum absolute atomic E-state index is 0.114. The molecule has 0 saturated heterocycles. The predicted octanol–water partition coefficient (Wildman–Crippen LogP) is 10.0. The highest BCUT2D eigenvalue weighted by molar-refractivity contribution is 5.85. The van der Waals surface area contributed by atoms with Gasteiger partial charge >= 0.3 is 0 Å². The van der Waals surface area contributed by atoms with Gasteiger partial charge in [-0.05, 0) is 98.1 Å². The summed E-state index contributed by atoms with van der Waals surface area (Å²) < 4.78 is 45.3. The SMILES string of the molecule is CC=CCCc1cc2ccc(C3CCC4CC(CCCCCC)CCC4C3)c(F)c2c(F)c1F. The maximum Gasteiger partial charge on any atom is 0.169 e. The molecule has 0 aromatic heterocycles. The first-order valence-electron chi connectivity index (χ1n) is 13.7. The van der Waals surface area contributed by atoms with Crippen LogP contribution in [0, 0.1) is 35.2 Å². The lowest BCUT2D eigenvalue weighted by Gasteiger charge is -2.42. The van der Waals surface area contributed by atoms with Crippen molar-refractivity contribution in [1.82, 2.24) is 0 Å². The summed E-state index contributed by atoms with van der Waals surface area (Å²) in [7, 11) is 0. The van der Waals surface area contributed by atoms with Gasteiger partial charge in [0.15, 0.2) is 11.6 Å². The molecule has 4 rings (SSSR count). The van der Waals surface area contributed by atoms with Crippen LogP contribution >= 0.6 is 0 Å². The van der Waals surface area contributed by atoms with Crippen molar-refractivity contribution in [2.45, 2.75) is 103 Å². The average molecular weight is 471 g/mol. The highest BCUT2D eigenvalue weighted by atomic mass is 19.2. The van der Waals surface area contributed by atoms with Crippen molar-refractivity contribution in [3.8, 4) is 0 Å². The number of unbranched alkanes of at least 4 members (excludes halogenated alkanes) is 3. The average Bonchev–Trinajstić information content (AvgIpc) is 2.84. The lowest BCUT2D eigenvalue weighted by Crippen LogP contribution is -2.30. The van der Waals surface area contributed by atoms with E-state index in [1.165, 1.54) is 51.4 Å². The van der Waals surface area contributed by atoms with Gasteiger partial charge in [0.25, 0.3) is 0 Å². The lowest BCUT2D eigenvalue weighted by atomic mass is 9.63. The number of halogens is 3. The van der Waals surface area contributed by atoms with E-state index in [1.807, 2.05) is 25.1 Å². The van der Waals surface area contributed by atoms with Crippen molar-refractivity contribution in [1.29, 1.82) is 0 Å². The molecule has 0 spiro atoms. The summed E-state index contributed by atoms with van der Waals surface area (Å²) in [5.41, 5.74) is 0.912. The topological polar surface area (TPSA) is 0 Å². The smallest absolute Gasteiger partial charge is 0.169 e. The Morgan fingerprint density at radius 3 is 2.47 bits per heavy atom. The predicted molar refractivity (Wildman–Crippen MR) is 137 cm³/mol. The van der Waals surface area contributed by atoms with Gasteiger partial charge in [-0.2, -0.15) is 0 Å². The zero-order valence-corrected chi connectivity index (χ0v) is 21.0.